The number of para-hydroxylation sites is 1. The molecule has 0 aliphatic rings. The fourth-order valence-corrected chi connectivity index (χ4v) is 3.09. The minimum atomic E-state index is -0.494. The summed E-state index contributed by atoms with van der Waals surface area (Å²) >= 11 is 0. The fourth-order valence-electron chi connectivity index (χ4n) is 3.09. The van der Waals surface area contributed by atoms with Crippen molar-refractivity contribution in [3.8, 4) is 39.8 Å². The highest BCUT2D eigenvalue weighted by Crippen LogP contribution is 2.37. The highest BCUT2D eigenvalue weighted by atomic mass is 16.5. The van der Waals surface area contributed by atoms with E-state index in [9.17, 15) is 9.90 Å². The molecule has 6 heteroatoms. The van der Waals surface area contributed by atoms with Crippen LogP contribution in [-0.2, 0) is 0 Å². The minimum absolute atomic E-state index is 0.0954. The second-order valence-corrected chi connectivity index (χ2v) is 6.28. The third-order valence-electron chi connectivity index (χ3n) is 4.42. The molecule has 0 radical (unpaired) electrons. The summed E-state index contributed by atoms with van der Waals surface area (Å²) in [6.07, 6.45) is 1.59. The Bertz CT molecular complexity index is 1180. The number of ether oxygens (including phenoxy) is 1. The van der Waals surface area contributed by atoms with Gasteiger partial charge in [0.25, 0.3) is 0 Å². The Morgan fingerprint density at radius 1 is 1.07 bits per heavy atom. The van der Waals surface area contributed by atoms with Gasteiger partial charge in [-0.1, -0.05) is 18.2 Å². The number of aromatic hydroxyl groups is 1. The number of nitrogens with zero attached hydrogens (tertiary/aromatic N) is 2. The van der Waals surface area contributed by atoms with Gasteiger partial charge in [-0.25, -0.2) is 4.68 Å². The average molecular weight is 374 g/mol. The summed E-state index contributed by atoms with van der Waals surface area (Å²) in [6.45, 7) is 1.67. The predicted molar refractivity (Wildman–Crippen MR) is 106 cm³/mol. The summed E-state index contributed by atoms with van der Waals surface area (Å²) in [5, 5.41) is 14.8. The molecule has 28 heavy (non-hydrogen) atoms. The monoisotopic (exact) mass is 374 g/mol. The van der Waals surface area contributed by atoms with E-state index in [1.807, 2.05) is 54.6 Å². The van der Waals surface area contributed by atoms with E-state index in [-0.39, 0.29) is 5.76 Å². The zero-order valence-electron chi connectivity index (χ0n) is 15.4. The Morgan fingerprint density at radius 2 is 1.79 bits per heavy atom. The van der Waals surface area contributed by atoms with E-state index in [4.69, 9.17) is 9.15 Å². The first kappa shape index (κ1) is 17.6. The molecule has 0 saturated carbocycles. The smallest absolute Gasteiger partial charge is 0.227 e. The molecule has 0 atom stereocenters. The molecule has 0 aliphatic heterocycles. The van der Waals surface area contributed by atoms with E-state index in [1.54, 1.807) is 24.9 Å². The van der Waals surface area contributed by atoms with Crippen LogP contribution in [-0.4, -0.2) is 22.0 Å². The Morgan fingerprint density at radius 3 is 2.46 bits per heavy atom. The lowest BCUT2D eigenvalue weighted by molar-refractivity contribution is 0.415. The molecule has 0 saturated heterocycles. The topological polar surface area (TPSA) is 77.5 Å². The van der Waals surface area contributed by atoms with Crippen LogP contribution in [0.25, 0.3) is 28.3 Å². The van der Waals surface area contributed by atoms with Crippen LogP contribution < -0.4 is 10.2 Å². The molecule has 140 valence electrons. The largest absolute Gasteiger partial charge is 0.502 e. The van der Waals surface area contributed by atoms with Crippen LogP contribution in [0, 0.1) is 6.92 Å². The zero-order valence-corrected chi connectivity index (χ0v) is 15.4. The summed E-state index contributed by atoms with van der Waals surface area (Å²) < 4.78 is 12.7. The van der Waals surface area contributed by atoms with Crippen molar-refractivity contribution in [3.05, 3.63) is 82.8 Å². The molecule has 2 aromatic heterocycles. The Labute approximate surface area is 161 Å². The quantitative estimate of drug-likeness (QED) is 0.580. The number of methoxy groups -OCH3 is 1. The van der Waals surface area contributed by atoms with Crippen molar-refractivity contribution in [2.75, 3.05) is 7.11 Å². The average Bonchev–Trinajstić information content (AvgIpc) is 3.16. The van der Waals surface area contributed by atoms with Gasteiger partial charge in [0.2, 0.25) is 11.2 Å². The van der Waals surface area contributed by atoms with Crippen molar-refractivity contribution >= 4 is 0 Å². The molecular weight excluding hydrogens is 356 g/mol. The number of aromatic nitrogens is 2. The van der Waals surface area contributed by atoms with Crippen molar-refractivity contribution < 1.29 is 14.3 Å². The number of hydrogen-bond donors (Lipinski definition) is 1. The minimum Gasteiger partial charge on any atom is -0.502 e. The van der Waals surface area contributed by atoms with Gasteiger partial charge in [-0.15, -0.1) is 0 Å². The fraction of sp³-hybridized carbons (Fsp3) is 0.0909. The maximum absolute atomic E-state index is 12.1. The molecule has 6 nitrogen and oxygen atoms in total. The highest BCUT2D eigenvalue weighted by Gasteiger charge is 2.22. The lowest BCUT2D eigenvalue weighted by Crippen LogP contribution is -2.02. The maximum atomic E-state index is 12.1. The third-order valence-corrected chi connectivity index (χ3v) is 4.42. The molecule has 4 aromatic rings. The van der Waals surface area contributed by atoms with E-state index in [2.05, 4.69) is 5.10 Å². The van der Waals surface area contributed by atoms with Gasteiger partial charge >= 0.3 is 0 Å². The van der Waals surface area contributed by atoms with Gasteiger partial charge < -0.3 is 14.3 Å². The van der Waals surface area contributed by atoms with E-state index in [1.165, 1.54) is 6.07 Å². The number of benzene rings is 2. The van der Waals surface area contributed by atoms with Gasteiger partial charge in [-0.05, 0) is 43.3 Å². The van der Waals surface area contributed by atoms with Crippen LogP contribution in [0.3, 0.4) is 0 Å². The molecule has 0 bridgehead atoms. The lowest BCUT2D eigenvalue weighted by atomic mass is 10.0. The number of rotatable bonds is 4. The van der Waals surface area contributed by atoms with Crippen LogP contribution >= 0.6 is 0 Å². The van der Waals surface area contributed by atoms with E-state index < -0.39 is 11.2 Å². The SMILES string of the molecule is COc1ccc(-c2c(-c3oc(C)cc(=O)c3O)cnn2-c2ccccc2)cc1. The molecule has 1 N–H and O–H groups in total. The first-order chi connectivity index (χ1) is 13.6. The summed E-state index contributed by atoms with van der Waals surface area (Å²) in [5.74, 6) is 0.790. The molecule has 2 aromatic carbocycles. The van der Waals surface area contributed by atoms with Crippen molar-refractivity contribution in [3.63, 3.8) is 0 Å². The Hall–Kier alpha value is -3.80. The van der Waals surface area contributed by atoms with Gasteiger partial charge in [0, 0.05) is 11.6 Å². The predicted octanol–water partition coefficient (Wildman–Crippen LogP) is 4.18. The molecule has 0 fully saturated rings. The van der Waals surface area contributed by atoms with Gasteiger partial charge in [0.1, 0.15) is 11.5 Å². The Balaban J connectivity index is 2.00. The van der Waals surface area contributed by atoms with Crippen molar-refractivity contribution in [2.45, 2.75) is 6.92 Å². The van der Waals surface area contributed by atoms with Crippen LogP contribution in [0.4, 0.5) is 0 Å². The van der Waals surface area contributed by atoms with E-state index in [0.717, 1.165) is 17.0 Å². The molecule has 2 heterocycles. The highest BCUT2D eigenvalue weighted by molar-refractivity contribution is 5.82. The first-order valence-electron chi connectivity index (χ1n) is 8.70. The summed E-state index contributed by atoms with van der Waals surface area (Å²) in [5.41, 5.74) is 2.40. The molecular formula is C22H18N2O4. The van der Waals surface area contributed by atoms with Crippen LogP contribution in [0.2, 0.25) is 0 Å². The maximum Gasteiger partial charge on any atom is 0.227 e. The van der Waals surface area contributed by atoms with Gasteiger partial charge in [0.05, 0.1) is 30.3 Å². The lowest BCUT2D eigenvalue weighted by Gasteiger charge is -2.11. The summed E-state index contributed by atoms with van der Waals surface area (Å²) in [7, 11) is 1.61. The van der Waals surface area contributed by atoms with Crippen molar-refractivity contribution in [1.29, 1.82) is 0 Å². The van der Waals surface area contributed by atoms with Crippen LogP contribution in [0.15, 0.2) is 76.1 Å². The molecule has 4 rings (SSSR count). The number of hydrogen-bond acceptors (Lipinski definition) is 5. The summed E-state index contributed by atoms with van der Waals surface area (Å²) in [6, 6.07) is 18.3. The zero-order chi connectivity index (χ0) is 19.7. The first-order valence-corrected chi connectivity index (χ1v) is 8.70. The standard InChI is InChI=1S/C22H18N2O4/c1-14-12-19(25)21(26)22(28-14)18-13-23-24(16-6-4-3-5-7-16)20(18)15-8-10-17(27-2)11-9-15/h3-13,26H,1-2H3. The van der Waals surface area contributed by atoms with Gasteiger partial charge in [0.15, 0.2) is 5.76 Å². The Kier molecular flexibility index (Phi) is 4.45. The van der Waals surface area contributed by atoms with Crippen LogP contribution in [0.5, 0.6) is 11.5 Å². The van der Waals surface area contributed by atoms with Gasteiger partial charge in [-0.3, -0.25) is 4.79 Å². The van der Waals surface area contributed by atoms with Gasteiger partial charge in [-0.2, -0.15) is 5.10 Å². The second-order valence-electron chi connectivity index (χ2n) is 6.28. The molecule has 0 spiro atoms. The summed E-state index contributed by atoms with van der Waals surface area (Å²) in [4.78, 5) is 12.1. The normalized spacial score (nSPS) is 10.8. The third kappa shape index (κ3) is 3.05. The molecule has 0 unspecified atom stereocenters. The molecule has 0 aliphatic carbocycles. The number of aryl methyl sites for hydroxylation is 1. The van der Waals surface area contributed by atoms with E-state index in [0.29, 0.717) is 17.0 Å². The second kappa shape index (κ2) is 7.08. The van der Waals surface area contributed by atoms with Crippen molar-refractivity contribution in [1.82, 2.24) is 9.78 Å². The van der Waals surface area contributed by atoms with E-state index >= 15 is 0 Å². The molecule has 0 amide bonds. The van der Waals surface area contributed by atoms with Crippen LogP contribution in [0.1, 0.15) is 5.76 Å². The van der Waals surface area contributed by atoms with Crippen molar-refractivity contribution in [2.24, 2.45) is 0 Å².